The van der Waals surface area contributed by atoms with Gasteiger partial charge in [0.15, 0.2) is 0 Å². The molecule has 0 aliphatic heterocycles. The predicted octanol–water partition coefficient (Wildman–Crippen LogP) is 3.78. The maximum atomic E-state index is 11.4. The standard InChI is InChI=1S/C17H16O2/c1-12-11-14(17(9-10-17)16(18)19)7-8-15(12)13-5-3-2-4-6-13/h2-8,11H,9-10H2,1H3,(H,18,19). The Kier molecular flexibility index (Phi) is 2.67. The fourth-order valence-electron chi connectivity index (χ4n) is 2.65. The molecule has 1 N–H and O–H groups in total. The van der Waals surface area contributed by atoms with Gasteiger partial charge in [-0.05, 0) is 42.0 Å². The number of aliphatic carboxylic acids is 1. The highest BCUT2D eigenvalue weighted by Gasteiger charge is 2.51. The van der Waals surface area contributed by atoms with E-state index in [0.29, 0.717) is 0 Å². The van der Waals surface area contributed by atoms with E-state index >= 15 is 0 Å². The van der Waals surface area contributed by atoms with E-state index in [1.54, 1.807) is 0 Å². The van der Waals surface area contributed by atoms with Crippen molar-refractivity contribution in [1.82, 2.24) is 0 Å². The smallest absolute Gasteiger partial charge is 0.314 e. The Hall–Kier alpha value is -2.09. The van der Waals surface area contributed by atoms with Crippen LogP contribution in [-0.4, -0.2) is 11.1 Å². The molecular formula is C17H16O2. The second kappa shape index (κ2) is 4.23. The average molecular weight is 252 g/mol. The van der Waals surface area contributed by atoms with Gasteiger partial charge in [0.05, 0.1) is 5.41 Å². The van der Waals surface area contributed by atoms with E-state index in [4.69, 9.17) is 0 Å². The van der Waals surface area contributed by atoms with Gasteiger partial charge < -0.3 is 5.11 Å². The monoisotopic (exact) mass is 252 g/mol. The largest absolute Gasteiger partial charge is 0.481 e. The third-order valence-corrected chi connectivity index (χ3v) is 4.02. The summed E-state index contributed by atoms with van der Waals surface area (Å²) >= 11 is 0. The summed E-state index contributed by atoms with van der Waals surface area (Å²) in [5.74, 6) is -0.695. The molecule has 0 atom stereocenters. The van der Waals surface area contributed by atoms with Crippen LogP contribution in [0, 0.1) is 6.92 Å². The number of carbonyl (C=O) groups is 1. The Labute approximate surface area is 112 Å². The first kappa shape index (κ1) is 12.0. The molecule has 1 aliphatic rings. The topological polar surface area (TPSA) is 37.3 Å². The average Bonchev–Trinajstić information content (AvgIpc) is 3.21. The third kappa shape index (κ3) is 1.93. The lowest BCUT2D eigenvalue weighted by Gasteiger charge is -2.13. The lowest BCUT2D eigenvalue weighted by Crippen LogP contribution is -2.19. The SMILES string of the molecule is Cc1cc(C2(C(=O)O)CC2)ccc1-c1ccccc1. The molecule has 2 aromatic rings. The zero-order valence-electron chi connectivity index (χ0n) is 10.9. The minimum atomic E-state index is -0.695. The van der Waals surface area contributed by atoms with Crippen molar-refractivity contribution in [2.24, 2.45) is 0 Å². The van der Waals surface area contributed by atoms with Gasteiger partial charge in [-0.15, -0.1) is 0 Å². The van der Waals surface area contributed by atoms with Crippen molar-refractivity contribution < 1.29 is 9.90 Å². The summed E-state index contributed by atoms with van der Waals surface area (Å²) in [7, 11) is 0. The molecule has 2 nitrogen and oxygen atoms in total. The Morgan fingerprint density at radius 3 is 2.32 bits per heavy atom. The van der Waals surface area contributed by atoms with Gasteiger partial charge in [-0.3, -0.25) is 4.79 Å². The number of benzene rings is 2. The summed E-state index contributed by atoms with van der Waals surface area (Å²) in [5, 5.41) is 9.33. The molecule has 2 aromatic carbocycles. The molecule has 0 heterocycles. The van der Waals surface area contributed by atoms with Gasteiger partial charge in [-0.1, -0.05) is 48.5 Å². The summed E-state index contributed by atoms with van der Waals surface area (Å²) in [6, 6.07) is 16.2. The first-order valence-corrected chi connectivity index (χ1v) is 6.53. The zero-order valence-corrected chi connectivity index (χ0v) is 10.9. The maximum absolute atomic E-state index is 11.4. The van der Waals surface area contributed by atoms with Crippen molar-refractivity contribution in [2.75, 3.05) is 0 Å². The van der Waals surface area contributed by atoms with Crippen molar-refractivity contribution >= 4 is 5.97 Å². The summed E-state index contributed by atoms with van der Waals surface area (Å²) in [6.07, 6.45) is 1.51. The molecule has 96 valence electrons. The van der Waals surface area contributed by atoms with Crippen LogP contribution < -0.4 is 0 Å². The van der Waals surface area contributed by atoms with E-state index in [1.165, 1.54) is 11.1 Å². The maximum Gasteiger partial charge on any atom is 0.314 e. The lowest BCUT2D eigenvalue weighted by molar-refractivity contribution is -0.140. The van der Waals surface area contributed by atoms with Crippen molar-refractivity contribution in [1.29, 1.82) is 0 Å². The summed E-state index contributed by atoms with van der Waals surface area (Å²) < 4.78 is 0. The van der Waals surface area contributed by atoms with Crippen LogP contribution in [0.25, 0.3) is 11.1 Å². The van der Waals surface area contributed by atoms with Crippen LogP contribution in [0.2, 0.25) is 0 Å². The van der Waals surface area contributed by atoms with Crippen LogP contribution in [0.1, 0.15) is 24.0 Å². The zero-order chi connectivity index (χ0) is 13.5. The van der Waals surface area contributed by atoms with Crippen LogP contribution >= 0.6 is 0 Å². The van der Waals surface area contributed by atoms with Crippen molar-refractivity contribution in [2.45, 2.75) is 25.2 Å². The normalized spacial score (nSPS) is 16.1. The predicted molar refractivity (Wildman–Crippen MR) is 75.2 cm³/mol. The molecule has 0 radical (unpaired) electrons. The summed E-state index contributed by atoms with van der Waals surface area (Å²) in [4.78, 5) is 11.4. The second-order valence-corrected chi connectivity index (χ2v) is 5.28. The number of hydrogen-bond acceptors (Lipinski definition) is 1. The highest BCUT2D eigenvalue weighted by molar-refractivity contribution is 5.85. The second-order valence-electron chi connectivity index (χ2n) is 5.28. The van der Waals surface area contributed by atoms with Gasteiger partial charge in [-0.25, -0.2) is 0 Å². The van der Waals surface area contributed by atoms with Crippen molar-refractivity contribution in [3.8, 4) is 11.1 Å². The highest BCUT2D eigenvalue weighted by atomic mass is 16.4. The van der Waals surface area contributed by atoms with Gasteiger partial charge in [-0.2, -0.15) is 0 Å². The molecule has 19 heavy (non-hydrogen) atoms. The fraction of sp³-hybridized carbons (Fsp3) is 0.235. The van der Waals surface area contributed by atoms with Crippen molar-refractivity contribution in [3.05, 3.63) is 59.7 Å². The van der Waals surface area contributed by atoms with Crippen LogP contribution in [0.4, 0.5) is 0 Å². The Bertz CT molecular complexity index is 625. The molecule has 0 unspecified atom stereocenters. The molecule has 1 aliphatic carbocycles. The third-order valence-electron chi connectivity index (χ3n) is 4.02. The summed E-state index contributed by atoms with van der Waals surface area (Å²) in [6.45, 7) is 2.05. The van der Waals surface area contributed by atoms with Crippen LogP contribution in [0.15, 0.2) is 48.5 Å². The minimum absolute atomic E-state index is 0.611. The number of carboxylic acids is 1. The van der Waals surface area contributed by atoms with E-state index in [9.17, 15) is 9.90 Å². The molecule has 2 heteroatoms. The van der Waals surface area contributed by atoms with Gasteiger partial charge >= 0.3 is 5.97 Å². The van der Waals surface area contributed by atoms with Crippen LogP contribution in [-0.2, 0) is 10.2 Å². The highest BCUT2D eigenvalue weighted by Crippen LogP contribution is 2.49. The number of carboxylic acid groups (broad SMARTS) is 1. The number of hydrogen-bond donors (Lipinski definition) is 1. The van der Waals surface area contributed by atoms with E-state index < -0.39 is 11.4 Å². The van der Waals surface area contributed by atoms with Crippen molar-refractivity contribution in [3.63, 3.8) is 0 Å². The lowest BCUT2D eigenvalue weighted by atomic mass is 9.91. The molecule has 0 bridgehead atoms. The minimum Gasteiger partial charge on any atom is -0.481 e. The van der Waals surface area contributed by atoms with Gasteiger partial charge in [0.2, 0.25) is 0 Å². The first-order valence-electron chi connectivity index (χ1n) is 6.53. The van der Waals surface area contributed by atoms with E-state index in [2.05, 4.69) is 12.1 Å². The van der Waals surface area contributed by atoms with Gasteiger partial charge in [0.1, 0.15) is 0 Å². The summed E-state index contributed by atoms with van der Waals surface area (Å²) in [5.41, 5.74) is 3.81. The van der Waals surface area contributed by atoms with E-state index in [1.807, 2.05) is 43.3 Å². The Balaban J connectivity index is 2.02. The quantitative estimate of drug-likeness (QED) is 0.902. The molecule has 0 spiro atoms. The molecule has 3 rings (SSSR count). The molecule has 1 fully saturated rings. The van der Waals surface area contributed by atoms with Gasteiger partial charge in [0, 0.05) is 0 Å². The molecule has 0 saturated heterocycles. The van der Waals surface area contributed by atoms with Crippen LogP contribution in [0.3, 0.4) is 0 Å². The molecular weight excluding hydrogens is 236 g/mol. The molecule has 0 aromatic heterocycles. The Morgan fingerprint density at radius 1 is 1.11 bits per heavy atom. The first-order chi connectivity index (χ1) is 9.13. The fourth-order valence-corrected chi connectivity index (χ4v) is 2.65. The van der Waals surface area contributed by atoms with E-state index in [0.717, 1.165) is 24.0 Å². The van der Waals surface area contributed by atoms with Gasteiger partial charge in [0.25, 0.3) is 0 Å². The molecule has 1 saturated carbocycles. The number of rotatable bonds is 3. The van der Waals surface area contributed by atoms with Crippen LogP contribution in [0.5, 0.6) is 0 Å². The van der Waals surface area contributed by atoms with E-state index in [-0.39, 0.29) is 0 Å². The number of aryl methyl sites for hydroxylation is 1. The molecule has 0 amide bonds. The Morgan fingerprint density at radius 2 is 1.79 bits per heavy atom.